The number of H-pyrrole nitrogens is 1. The van der Waals surface area contributed by atoms with Crippen molar-refractivity contribution in [3.8, 4) is 0 Å². The quantitative estimate of drug-likeness (QED) is 0.424. The number of aromatic nitrogens is 4. The number of carbonyl (C=O) groups excluding carboxylic acids is 1. The molecule has 3 fully saturated rings. The van der Waals surface area contributed by atoms with E-state index in [2.05, 4.69) is 15.3 Å². The highest BCUT2D eigenvalue weighted by molar-refractivity contribution is 8.00. The lowest BCUT2D eigenvalue weighted by Crippen LogP contribution is -2.32. The van der Waals surface area contributed by atoms with E-state index in [4.69, 9.17) is 4.98 Å². The van der Waals surface area contributed by atoms with E-state index in [1.807, 2.05) is 30.3 Å². The first-order valence-corrected chi connectivity index (χ1v) is 12.0. The summed E-state index contributed by atoms with van der Waals surface area (Å²) >= 11 is 1.27. The molecule has 0 aliphatic heterocycles. The number of nitrogens with zero attached hydrogens (tertiary/aromatic N) is 3. The van der Waals surface area contributed by atoms with Gasteiger partial charge in [-0.25, -0.2) is 14.8 Å². The molecule has 1 aromatic carbocycles. The van der Waals surface area contributed by atoms with Crippen molar-refractivity contribution < 1.29 is 4.79 Å². The van der Waals surface area contributed by atoms with Gasteiger partial charge in [0, 0.05) is 18.0 Å². The Bertz CT molecular complexity index is 1320. The average molecular weight is 450 g/mol. The van der Waals surface area contributed by atoms with Gasteiger partial charge >= 0.3 is 5.69 Å². The summed E-state index contributed by atoms with van der Waals surface area (Å²) in [4.78, 5) is 50.6. The van der Waals surface area contributed by atoms with Crippen molar-refractivity contribution >= 4 is 28.7 Å². The van der Waals surface area contributed by atoms with Gasteiger partial charge in [-0.05, 0) is 44.1 Å². The molecule has 0 unspecified atom stereocenters. The van der Waals surface area contributed by atoms with Gasteiger partial charge in [-0.1, -0.05) is 42.1 Å². The minimum Gasteiger partial charge on any atom is -0.352 e. The molecule has 6 rings (SSSR count). The molecule has 2 aromatic heterocycles. The summed E-state index contributed by atoms with van der Waals surface area (Å²) in [6.45, 7) is 0. The Morgan fingerprint density at radius 1 is 1.06 bits per heavy atom. The maximum absolute atomic E-state index is 13.2. The van der Waals surface area contributed by atoms with Gasteiger partial charge in [0.15, 0.2) is 5.65 Å². The van der Waals surface area contributed by atoms with Crippen LogP contribution in [0.2, 0.25) is 0 Å². The molecule has 2 N–H and O–H groups in total. The van der Waals surface area contributed by atoms with Gasteiger partial charge in [-0.2, -0.15) is 0 Å². The Balaban J connectivity index is 1.50. The van der Waals surface area contributed by atoms with Gasteiger partial charge in [-0.15, -0.1) is 0 Å². The lowest BCUT2D eigenvalue weighted by atomic mass is 10.1. The number of fused-ring (bicyclic) bond motifs is 1. The third-order valence-corrected chi connectivity index (χ3v) is 7.36. The fourth-order valence-electron chi connectivity index (χ4n) is 3.93. The minimum atomic E-state index is -0.553. The van der Waals surface area contributed by atoms with Crippen LogP contribution >= 0.6 is 11.8 Å². The van der Waals surface area contributed by atoms with E-state index in [1.54, 1.807) is 4.57 Å². The standard InChI is InChI=1S/C23H23N5O3S/c29-20-16-19(28(15-10-11-15)23(31)27-20)25-18(13-6-7-13)26-22(16)32-17(12-4-2-1-3-5-12)21(30)24-14-8-9-14/h1-5,13-15,17H,6-11H2,(H,24,30)(H,27,29,31)/t17-/m0/s1. The van der Waals surface area contributed by atoms with E-state index in [0.717, 1.165) is 44.1 Å². The number of carbonyl (C=O) groups is 1. The predicted molar refractivity (Wildman–Crippen MR) is 121 cm³/mol. The maximum Gasteiger partial charge on any atom is 0.330 e. The molecule has 9 heteroatoms. The van der Waals surface area contributed by atoms with E-state index in [1.165, 1.54) is 11.8 Å². The predicted octanol–water partition coefficient (Wildman–Crippen LogP) is 2.80. The molecule has 32 heavy (non-hydrogen) atoms. The normalized spacial score (nSPS) is 19.1. The van der Waals surface area contributed by atoms with E-state index in [0.29, 0.717) is 21.9 Å². The Labute approximate surface area is 187 Å². The van der Waals surface area contributed by atoms with Crippen LogP contribution in [0.4, 0.5) is 0 Å². The van der Waals surface area contributed by atoms with Gasteiger partial charge in [0.1, 0.15) is 21.5 Å². The van der Waals surface area contributed by atoms with Gasteiger partial charge in [0.05, 0.1) is 0 Å². The molecular formula is C23H23N5O3S. The molecule has 0 saturated heterocycles. The van der Waals surface area contributed by atoms with Crippen molar-refractivity contribution in [2.45, 2.75) is 66.8 Å². The summed E-state index contributed by atoms with van der Waals surface area (Å²) in [5.41, 5.74) is 0.325. The van der Waals surface area contributed by atoms with Crippen LogP contribution in [0, 0.1) is 0 Å². The molecule has 3 saturated carbocycles. The van der Waals surface area contributed by atoms with E-state index < -0.39 is 16.5 Å². The molecular weight excluding hydrogens is 426 g/mol. The highest BCUT2D eigenvalue weighted by Gasteiger charge is 2.34. The van der Waals surface area contributed by atoms with Crippen LogP contribution in [0.3, 0.4) is 0 Å². The van der Waals surface area contributed by atoms with Crippen molar-refractivity contribution in [1.82, 2.24) is 24.8 Å². The summed E-state index contributed by atoms with van der Waals surface area (Å²) in [5.74, 6) is 0.820. The Morgan fingerprint density at radius 2 is 1.81 bits per heavy atom. The number of hydrogen-bond donors (Lipinski definition) is 2. The first kappa shape index (κ1) is 19.7. The lowest BCUT2D eigenvalue weighted by Gasteiger charge is -2.18. The monoisotopic (exact) mass is 449 g/mol. The number of amides is 1. The van der Waals surface area contributed by atoms with Crippen LogP contribution in [0.15, 0.2) is 44.9 Å². The molecule has 2 heterocycles. The van der Waals surface area contributed by atoms with Crippen molar-refractivity contribution in [3.63, 3.8) is 0 Å². The maximum atomic E-state index is 13.2. The van der Waals surface area contributed by atoms with Crippen molar-refractivity contribution in [2.75, 3.05) is 0 Å². The molecule has 1 amide bonds. The summed E-state index contributed by atoms with van der Waals surface area (Å²) in [6.07, 6.45) is 5.76. The first-order chi connectivity index (χ1) is 15.6. The van der Waals surface area contributed by atoms with Crippen LogP contribution < -0.4 is 16.6 Å². The van der Waals surface area contributed by atoms with Crippen molar-refractivity contribution in [1.29, 1.82) is 0 Å². The highest BCUT2D eigenvalue weighted by Crippen LogP contribution is 2.43. The third-order valence-electron chi connectivity index (χ3n) is 6.12. The summed E-state index contributed by atoms with van der Waals surface area (Å²) in [7, 11) is 0. The van der Waals surface area contributed by atoms with Gasteiger partial charge in [0.25, 0.3) is 5.56 Å². The summed E-state index contributed by atoms with van der Waals surface area (Å²) < 4.78 is 1.61. The van der Waals surface area contributed by atoms with Crippen molar-refractivity contribution in [3.05, 3.63) is 62.6 Å². The molecule has 0 spiro atoms. The number of hydrogen-bond acceptors (Lipinski definition) is 6. The SMILES string of the molecule is O=C(NC1CC1)[C@@H](Sc1nc(C2CC2)nc2c1c(=O)[nH]c(=O)n2C1CC1)c1ccccc1. The Morgan fingerprint density at radius 3 is 2.47 bits per heavy atom. The second kappa shape index (κ2) is 7.58. The second-order valence-corrected chi connectivity index (χ2v) is 10.0. The Kier molecular flexibility index (Phi) is 4.67. The van der Waals surface area contributed by atoms with E-state index in [-0.39, 0.29) is 23.9 Å². The van der Waals surface area contributed by atoms with Gasteiger partial charge < -0.3 is 5.32 Å². The lowest BCUT2D eigenvalue weighted by molar-refractivity contribution is -0.120. The molecule has 164 valence electrons. The van der Waals surface area contributed by atoms with E-state index >= 15 is 0 Å². The fraction of sp³-hybridized carbons (Fsp3) is 0.435. The third kappa shape index (κ3) is 3.74. The number of aromatic amines is 1. The first-order valence-electron chi connectivity index (χ1n) is 11.2. The average Bonchev–Trinajstić information content (AvgIpc) is 3.61. The number of nitrogens with one attached hydrogen (secondary N) is 2. The van der Waals surface area contributed by atoms with Crippen LogP contribution in [-0.2, 0) is 4.79 Å². The molecule has 1 atom stereocenters. The highest BCUT2D eigenvalue weighted by atomic mass is 32.2. The van der Waals surface area contributed by atoms with Gasteiger partial charge in [-0.3, -0.25) is 19.1 Å². The Hall–Kier alpha value is -2.94. The van der Waals surface area contributed by atoms with Crippen LogP contribution in [0.25, 0.3) is 11.0 Å². The molecule has 8 nitrogen and oxygen atoms in total. The molecule has 3 aliphatic rings. The summed E-state index contributed by atoms with van der Waals surface area (Å²) in [6, 6.07) is 9.83. The smallest absolute Gasteiger partial charge is 0.330 e. The molecule has 0 bridgehead atoms. The summed E-state index contributed by atoms with van der Waals surface area (Å²) in [5, 5.41) is 3.30. The fourth-order valence-corrected chi connectivity index (χ4v) is 5.07. The zero-order valence-corrected chi connectivity index (χ0v) is 18.2. The topological polar surface area (TPSA) is 110 Å². The largest absolute Gasteiger partial charge is 0.352 e. The molecule has 3 aromatic rings. The van der Waals surface area contributed by atoms with Gasteiger partial charge in [0.2, 0.25) is 5.91 Å². The van der Waals surface area contributed by atoms with Crippen LogP contribution in [0.5, 0.6) is 0 Å². The number of benzene rings is 1. The number of thioether (sulfide) groups is 1. The molecule has 0 radical (unpaired) electrons. The zero-order chi connectivity index (χ0) is 21.8. The number of rotatable bonds is 7. The van der Waals surface area contributed by atoms with Crippen molar-refractivity contribution in [2.24, 2.45) is 0 Å². The minimum absolute atomic E-state index is 0.0599. The van der Waals surface area contributed by atoms with Crippen LogP contribution in [-0.4, -0.2) is 31.5 Å². The molecule has 3 aliphatic carbocycles. The zero-order valence-electron chi connectivity index (χ0n) is 17.4. The van der Waals surface area contributed by atoms with Crippen LogP contribution in [0.1, 0.15) is 67.1 Å². The van der Waals surface area contributed by atoms with E-state index in [9.17, 15) is 14.4 Å². The second-order valence-electron chi connectivity index (χ2n) is 8.91.